The molecule has 0 heterocycles. The fourth-order valence-electron chi connectivity index (χ4n) is 12.9. The molecule has 19 heteroatoms. The molecule has 0 aromatic carbocycles. The number of unbranched alkanes of at least 4 members (excludes halogenated alkanes) is 53. The van der Waals surface area contributed by atoms with E-state index in [-0.39, 0.29) is 25.7 Å². The summed E-state index contributed by atoms with van der Waals surface area (Å²) in [6, 6.07) is 0. The predicted molar refractivity (Wildman–Crippen MR) is 432 cm³/mol. The Morgan fingerprint density at radius 3 is 0.781 bits per heavy atom. The van der Waals surface area contributed by atoms with Crippen LogP contribution in [-0.4, -0.2) is 96.7 Å². The Labute approximate surface area is 643 Å². The van der Waals surface area contributed by atoms with Crippen LogP contribution in [0.4, 0.5) is 0 Å². The number of aliphatic hydroxyl groups excluding tert-OH is 1. The second kappa shape index (κ2) is 78.2. The Morgan fingerprint density at radius 2 is 0.514 bits per heavy atom. The quantitative estimate of drug-likeness (QED) is 0.0169. The van der Waals surface area contributed by atoms with Crippen LogP contribution < -0.4 is 0 Å². The van der Waals surface area contributed by atoms with E-state index in [9.17, 15) is 43.2 Å². The van der Waals surface area contributed by atoms with Crippen LogP contribution in [0, 0.1) is 5.92 Å². The molecule has 0 saturated heterocycles. The van der Waals surface area contributed by atoms with Gasteiger partial charge in [-0.25, -0.2) is 9.13 Å². The van der Waals surface area contributed by atoms with Crippen LogP contribution in [0.5, 0.6) is 0 Å². The molecule has 0 aromatic heterocycles. The summed E-state index contributed by atoms with van der Waals surface area (Å²) in [5, 5.41) is 10.7. The zero-order valence-corrected chi connectivity index (χ0v) is 70.1. The second-order valence-corrected chi connectivity index (χ2v) is 33.6. The Hall–Kier alpha value is -2.46. The molecule has 0 saturated carbocycles. The van der Waals surface area contributed by atoms with E-state index in [1.54, 1.807) is 0 Å². The van der Waals surface area contributed by atoms with E-state index < -0.39 is 97.5 Å². The van der Waals surface area contributed by atoms with Gasteiger partial charge in [0.25, 0.3) is 0 Å². The first-order valence-corrected chi connectivity index (χ1v) is 46.9. The minimum Gasteiger partial charge on any atom is -0.462 e. The van der Waals surface area contributed by atoms with Gasteiger partial charge in [0.15, 0.2) is 12.2 Å². The zero-order valence-electron chi connectivity index (χ0n) is 68.4. The van der Waals surface area contributed by atoms with Gasteiger partial charge < -0.3 is 33.8 Å². The molecule has 3 N–H and O–H groups in total. The lowest BCUT2D eigenvalue weighted by Crippen LogP contribution is -2.30. The highest BCUT2D eigenvalue weighted by Crippen LogP contribution is 2.45. The summed E-state index contributed by atoms with van der Waals surface area (Å²) < 4.78 is 68.8. The third kappa shape index (κ3) is 79.4. The molecule has 0 aromatic rings. The average Bonchev–Trinajstić information content (AvgIpc) is 0.904. The molecule has 17 nitrogen and oxygen atoms in total. The van der Waals surface area contributed by atoms with Crippen LogP contribution in [0.3, 0.4) is 0 Å². The minimum absolute atomic E-state index is 0.0855. The monoisotopic (exact) mass is 1530 g/mol. The van der Waals surface area contributed by atoms with Gasteiger partial charge in [0.1, 0.15) is 19.3 Å². The zero-order chi connectivity index (χ0) is 76.9. The van der Waals surface area contributed by atoms with Crippen molar-refractivity contribution in [1.82, 2.24) is 0 Å². The maximum atomic E-state index is 13.1. The first-order valence-electron chi connectivity index (χ1n) is 44.0. The van der Waals surface area contributed by atoms with Crippen molar-refractivity contribution in [1.29, 1.82) is 0 Å². The minimum atomic E-state index is -4.97. The number of allylic oxidation sites excluding steroid dienone is 4. The van der Waals surface area contributed by atoms with Gasteiger partial charge in [0.05, 0.1) is 26.4 Å². The Bertz CT molecular complexity index is 2090. The molecular weight excluding hydrogens is 1370 g/mol. The molecule has 105 heavy (non-hydrogen) atoms. The smallest absolute Gasteiger partial charge is 0.462 e. The predicted octanol–water partition coefficient (Wildman–Crippen LogP) is 25.9. The molecule has 0 aliphatic rings. The normalized spacial score (nSPS) is 13.9. The first kappa shape index (κ1) is 103. The summed E-state index contributed by atoms with van der Waals surface area (Å²) in [7, 11) is -9.94. The van der Waals surface area contributed by atoms with Crippen molar-refractivity contribution >= 4 is 39.5 Å². The fourth-order valence-corrected chi connectivity index (χ4v) is 14.5. The Balaban J connectivity index is 5.23. The summed E-state index contributed by atoms with van der Waals surface area (Å²) in [4.78, 5) is 73.1. The molecule has 5 atom stereocenters. The highest BCUT2D eigenvalue weighted by Gasteiger charge is 2.30. The van der Waals surface area contributed by atoms with Crippen molar-refractivity contribution in [3.63, 3.8) is 0 Å². The van der Waals surface area contributed by atoms with Crippen molar-refractivity contribution < 1.29 is 80.2 Å². The first-order chi connectivity index (χ1) is 51.0. The summed E-state index contributed by atoms with van der Waals surface area (Å²) in [5.41, 5.74) is 0. The van der Waals surface area contributed by atoms with Gasteiger partial charge in [-0.05, 0) is 57.3 Å². The molecule has 0 rings (SSSR count). The summed E-state index contributed by atoms with van der Waals surface area (Å²) in [5.74, 6) is -1.31. The maximum absolute atomic E-state index is 13.1. The van der Waals surface area contributed by atoms with Crippen LogP contribution in [0.2, 0.25) is 0 Å². The lowest BCUT2D eigenvalue weighted by molar-refractivity contribution is -0.161. The number of hydrogen-bond donors (Lipinski definition) is 3. The van der Waals surface area contributed by atoms with E-state index in [0.29, 0.717) is 25.7 Å². The summed E-state index contributed by atoms with van der Waals surface area (Å²) in [6.07, 6.45) is 74.5. The highest BCUT2D eigenvalue weighted by molar-refractivity contribution is 7.47. The average molecular weight is 1530 g/mol. The van der Waals surface area contributed by atoms with E-state index in [4.69, 9.17) is 37.0 Å². The molecule has 0 aliphatic heterocycles. The number of carbonyl (C=O) groups is 4. The SMILES string of the molecule is CCCCCC/C=C\C=C/CCCCCCCC(=O)O[C@H](COC(=O)CCCCCCCCCCC)COP(=O)(O)OC[C@H](O)COP(=O)(O)OC[C@@H](COC(=O)CCCCCCCCCCCCCCCCCCCCCC)OC(=O)CCCCCCCCCCCCCCCCCCCCC(C)C. The van der Waals surface area contributed by atoms with Crippen molar-refractivity contribution in [2.45, 2.75) is 457 Å². The highest BCUT2D eigenvalue weighted by atomic mass is 31.2. The third-order valence-corrected chi connectivity index (χ3v) is 21.6. The van der Waals surface area contributed by atoms with Gasteiger partial charge in [-0.1, -0.05) is 386 Å². The van der Waals surface area contributed by atoms with Gasteiger partial charge in [-0.2, -0.15) is 0 Å². The number of hydrogen-bond acceptors (Lipinski definition) is 15. The molecule has 0 bridgehead atoms. The Morgan fingerprint density at radius 1 is 0.295 bits per heavy atom. The lowest BCUT2D eigenvalue weighted by atomic mass is 10.0. The van der Waals surface area contributed by atoms with Gasteiger partial charge >= 0.3 is 39.5 Å². The van der Waals surface area contributed by atoms with E-state index in [1.165, 1.54) is 250 Å². The fraction of sp³-hybridized carbons (Fsp3) is 0.907. The van der Waals surface area contributed by atoms with Gasteiger partial charge in [0, 0.05) is 25.7 Å². The van der Waals surface area contributed by atoms with Gasteiger partial charge in [-0.3, -0.25) is 37.3 Å². The topological polar surface area (TPSA) is 237 Å². The largest absolute Gasteiger partial charge is 0.472 e. The number of esters is 4. The molecule has 0 radical (unpaired) electrons. The number of phosphoric ester groups is 2. The van der Waals surface area contributed by atoms with Crippen LogP contribution >= 0.6 is 15.6 Å². The second-order valence-electron chi connectivity index (χ2n) is 30.7. The van der Waals surface area contributed by atoms with E-state index >= 15 is 0 Å². The van der Waals surface area contributed by atoms with Gasteiger partial charge in [0.2, 0.25) is 0 Å². The maximum Gasteiger partial charge on any atom is 0.472 e. The summed E-state index contributed by atoms with van der Waals surface area (Å²) >= 11 is 0. The van der Waals surface area contributed by atoms with Crippen LogP contribution in [0.25, 0.3) is 0 Å². The van der Waals surface area contributed by atoms with Crippen LogP contribution in [0.1, 0.15) is 439 Å². The molecule has 0 amide bonds. The third-order valence-electron chi connectivity index (χ3n) is 19.7. The van der Waals surface area contributed by atoms with Crippen LogP contribution in [-0.2, 0) is 65.4 Å². The van der Waals surface area contributed by atoms with Crippen LogP contribution in [0.15, 0.2) is 24.3 Å². The number of ether oxygens (including phenoxy) is 4. The number of rotatable bonds is 84. The van der Waals surface area contributed by atoms with Crippen molar-refractivity contribution in [2.75, 3.05) is 39.6 Å². The standard InChI is InChI=1S/C86H164O17P2/c1-6-9-12-15-18-21-23-25-27-28-29-30-34-38-41-45-50-55-60-65-70-84(89)97-76-82(103-86(91)72-67-62-57-52-47-43-39-35-32-31-33-37-40-44-49-53-58-63-68-79(4)5)78-101-105(94,95)99-74-80(87)73-98-104(92,93)100-77-81(75-96-83(88)69-64-59-54-48-20-17-14-11-8-3)102-85(90)71-66-61-56-51-46-42-36-26-24-22-19-16-13-10-7-2/h22,24,26,36,79-82,87H,6-21,23,25,27-35,37-78H2,1-5H3,(H,92,93)(H,94,95)/b24-22-,36-26-/t80-,81+,82+/m0/s1. The summed E-state index contributed by atoms with van der Waals surface area (Å²) in [6.45, 7) is 7.31. The molecule has 2 unspecified atom stereocenters. The van der Waals surface area contributed by atoms with Crippen molar-refractivity contribution in [2.24, 2.45) is 5.92 Å². The number of carbonyl (C=O) groups excluding carboxylic acids is 4. The molecule has 0 fully saturated rings. The van der Waals surface area contributed by atoms with E-state index in [2.05, 4.69) is 58.9 Å². The van der Waals surface area contributed by atoms with E-state index in [1.807, 2.05) is 0 Å². The number of aliphatic hydroxyl groups is 1. The van der Waals surface area contributed by atoms with Gasteiger partial charge in [-0.15, -0.1) is 0 Å². The Kier molecular flexibility index (Phi) is 76.4. The van der Waals surface area contributed by atoms with Crippen molar-refractivity contribution in [3.8, 4) is 0 Å². The number of phosphoric acid groups is 2. The molecular formula is C86H164O17P2. The molecule has 0 aliphatic carbocycles. The van der Waals surface area contributed by atoms with Crippen molar-refractivity contribution in [3.05, 3.63) is 24.3 Å². The molecule has 620 valence electrons. The molecule has 0 spiro atoms. The van der Waals surface area contributed by atoms with E-state index in [0.717, 1.165) is 109 Å². The lowest BCUT2D eigenvalue weighted by Gasteiger charge is -2.21.